The van der Waals surface area contributed by atoms with E-state index in [1.54, 1.807) is 14.2 Å². The van der Waals surface area contributed by atoms with E-state index in [2.05, 4.69) is 13.8 Å². The highest BCUT2D eigenvalue weighted by Crippen LogP contribution is 2.38. The highest BCUT2D eigenvalue weighted by Gasteiger charge is 2.17. The molecule has 0 bridgehead atoms. The Balaban J connectivity index is 3.20. The summed E-state index contributed by atoms with van der Waals surface area (Å²) in [4.78, 5) is 0. The van der Waals surface area contributed by atoms with Crippen molar-refractivity contribution in [3.63, 3.8) is 0 Å². The van der Waals surface area contributed by atoms with E-state index in [1.165, 1.54) is 5.56 Å². The Hall–Kier alpha value is -1.18. The molecule has 0 spiro atoms. The third kappa shape index (κ3) is 2.44. The highest BCUT2D eigenvalue weighted by atomic mass is 16.5. The Morgan fingerprint density at radius 3 is 1.80 bits per heavy atom. The van der Waals surface area contributed by atoms with Crippen LogP contribution in [0.5, 0.6) is 11.5 Å². The molecule has 84 valence electrons. The predicted molar refractivity (Wildman–Crippen MR) is 62.9 cm³/mol. The minimum absolute atomic E-state index is 0.510. The fraction of sp³-hybridized carbons (Fsp3) is 0.538. The zero-order chi connectivity index (χ0) is 11.3. The first-order valence-electron chi connectivity index (χ1n) is 5.49. The van der Waals surface area contributed by atoms with E-state index in [1.807, 2.05) is 18.2 Å². The third-order valence-corrected chi connectivity index (χ3v) is 2.86. The highest BCUT2D eigenvalue weighted by molar-refractivity contribution is 5.47. The second-order valence-corrected chi connectivity index (χ2v) is 3.59. The maximum atomic E-state index is 5.39. The molecule has 0 atom stereocenters. The minimum atomic E-state index is 0.510. The maximum absolute atomic E-state index is 5.39. The molecule has 1 rings (SSSR count). The van der Waals surface area contributed by atoms with Gasteiger partial charge in [-0.05, 0) is 30.9 Å². The van der Waals surface area contributed by atoms with Crippen molar-refractivity contribution in [1.82, 2.24) is 0 Å². The SMILES string of the molecule is CCC(CC)c1c(OC)cccc1OC. The molecule has 0 saturated heterocycles. The lowest BCUT2D eigenvalue weighted by molar-refractivity contribution is 0.376. The molecule has 0 radical (unpaired) electrons. The summed E-state index contributed by atoms with van der Waals surface area (Å²) in [5.74, 6) is 2.38. The second-order valence-electron chi connectivity index (χ2n) is 3.59. The van der Waals surface area contributed by atoms with Gasteiger partial charge in [-0.1, -0.05) is 19.9 Å². The number of benzene rings is 1. The molecular weight excluding hydrogens is 188 g/mol. The van der Waals surface area contributed by atoms with Gasteiger partial charge >= 0.3 is 0 Å². The van der Waals surface area contributed by atoms with Crippen LogP contribution in [-0.2, 0) is 0 Å². The van der Waals surface area contributed by atoms with Crippen LogP contribution in [-0.4, -0.2) is 14.2 Å². The fourth-order valence-electron chi connectivity index (χ4n) is 1.98. The van der Waals surface area contributed by atoms with Crippen LogP contribution in [0.3, 0.4) is 0 Å². The van der Waals surface area contributed by atoms with Gasteiger partial charge in [0.1, 0.15) is 11.5 Å². The van der Waals surface area contributed by atoms with Gasteiger partial charge in [-0.25, -0.2) is 0 Å². The second kappa shape index (κ2) is 5.64. The lowest BCUT2D eigenvalue weighted by atomic mass is 9.92. The molecule has 2 heteroatoms. The molecule has 1 aromatic rings. The van der Waals surface area contributed by atoms with Crippen LogP contribution in [0.2, 0.25) is 0 Å². The third-order valence-electron chi connectivity index (χ3n) is 2.86. The van der Waals surface area contributed by atoms with Crippen molar-refractivity contribution < 1.29 is 9.47 Å². The summed E-state index contributed by atoms with van der Waals surface area (Å²) in [6.45, 7) is 4.39. The van der Waals surface area contributed by atoms with E-state index in [0.29, 0.717) is 5.92 Å². The van der Waals surface area contributed by atoms with Gasteiger partial charge in [0.05, 0.1) is 14.2 Å². The molecule has 0 aliphatic heterocycles. The molecule has 1 aromatic carbocycles. The van der Waals surface area contributed by atoms with Crippen LogP contribution >= 0.6 is 0 Å². The summed E-state index contributed by atoms with van der Waals surface area (Å²) in [6, 6.07) is 5.95. The lowest BCUT2D eigenvalue weighted by Gasteiger charge is -2.19. The van der Waals surface area contributed by atoms with Gasteiger partial charge < -0.3 is 9.47 Å². The van der Waals surface area contributed by atoms with Gasteiger partial charge in [0.25, 0.3) is 0 Å². The van der Waals surface area contributed by atoms with Crippen molar-refractivity contribution in [3.05, 3.63) is 23.8 Å². The van der Waals surface area contributed by atoms with Crippen LogP contribution in [0.15, 0.2) is 18.2 Å². The Bertz CT molecular complexity index is 281. The molecule has 15 heavy (non-hydrogen) atoms. The molecule has 0 amide bonds. The zero-order valence-electron chi connectivity index (χ0n) is 10.0. The number of rotatable bonds is 5. The van der Waals surface area contributed by atoms with Gasteiger partial charge in [-0.15, -0.1) is 0 Å². The van der Waals surface area contributed by atoms with Crippen LogP contribution in [0, 0.1) is 0 Å². The van der Waals surface area contributed by atoms with Gasteiger partial charge in [0.15, 0.2) is 0 Å². The molecule has 0 aliphatic rings. The van der Waals surface area contributed by atoms with Crippen LogP contribution in [0.1, 0.15) is 38.2 Å². The van der Waals surface area contributed by atoms with Gasteiger partial charge in [0, 0.05) is 5.56 Å². The molecule has 0 aliphatic carbocycles. The van der Waals surface area contributed by atoms with Crippen molar-refractivity contribution in [2.45, 2.75) is 32.6 Å². The average molecular weight is 208 g/mol. The summed E-state index contributed by atoms with van der Waals surface area (Å²) in [6.07, 6.45) is 2.21. The molecule has 0 fully saturated rings. The van der Waals surface area contributed by atoms with Crippen LogP contribution < -0.4 is 9.47 Å². The van der Waals surface area contributed by atoms with Crippen molar-refractivity contribution in [1.29, 1.82) is 0 Å². The van der Waals surface area contributed by atoms with E-state index in [-0.39, 0.29) is 0 Å². The molecule has 0 saturated carbocycles. The van der Waals surface area contributed by atoms with Crippen LogP contribution in [0.4, 0.5) is 0 Å². The van der Waals surface area contributed by atoms with E-state index >= 15 is 0 Å². The van der Waals surface area contributed by atoms with Crippen molar-refractivity contribution in [2.75, 3.05) is 14.2 Å². The minimum Gasteiger partial charge on any atom is -0.496 e. The van der Waals surface area contributed by atoms with E-state index in [0.717, 1.165) is 24.3 Å². The smallest absolute Gasteiger partial charge is 0.126 e. The zero-order valence-corrected chi connectivity index (χ0v) is 10.0. The van der Waals surface area contributed by atoms with E-state index in [9.17, 15) is 0 Å². The summed E-state index contributed by atoms with van der Waals surface area (Å²) in [7, 11) is 3.42. The lowest BCUT2D eigenvalue weighted by Crippen LogP contribution is -2.02. The van der Waals surface area contributed by atoms with E-state index < -0.39 is 0 Å². The molecule has 0 aromatic heterocycles. The summed E-state index contributed by atoms with van der Waals surface area (Å²) in [5.41, 5.74) is 1.20. The van der Waals surface area contributed by atoms with Crippen molar-refractivity contribution in [2.24, 2.45) is 0 Å². The first-order chi connectivity index (χ1) is 7.28. The normalized spacial score (nSPS) is 10.5. The topological polar surface area (TPSA) is 18.5 Å². The Morgan fingerprint density at radius 2 is 1.47 bits per heavy atom. The number of methoxy groups -OCH3 is 2. The maximum Gasteiger partial charge on any atom is 0.126 e. The monoisotopic (exact) mass is 208 g/mol. The largest absolute Gasteiger partial charge is 0.496 e. The first kappa shape index (κ1) is 11.9. The Kier molecular flexibility index (Phi) is 4.47. The number of ether oxygens (including phenoxy) is 2. The molecule has 0 unspecified atom stereocenters. The van der Waals surface area contributed by atoms with Gasteiger partial charge in [0.2, 0.25) is 0 Å². The standard InChI is InChI=1S/C13H20O2/c1-5-10(6-2)13-11(14-3)8-7-9-12(13)15-4/h7-10H,5-6H2,1-4H3. The summed E-state index contributed by atoms with van der Waals surface area (Å²) < 4.78 is 10.8. The van der Waals surface area contributed by atoms with Gasteiger partial charge in [-0.2, -0.15) is 0 Å². The Labute approximate surface area is 92.2 Å². The van der Waals surface area contributed by atoms with Crippen molar-refractivity contribution >= 4 is 0 Å². The van der Waals surface area contributed by atoms with Gasteiger partial charge in [-0.3, -0.25) is 0 Å². The quantitative estimate of drug-likeness (QED) is 0.736. The van der Waals surface area contributed by atoms with Crippen LogP contribution in [0.25, 0.3) is 0 Å². The average Bonchev–Trinajstić information content (AvgIpc) is 2.30. The molecular formula is C13H20O2. The summed E-state index contributed by atoms with van der Waals surface area (Å²) in [5, 5.41) is 0. The molecule has 2 nitrogen and oxygen atoms in total. The number of hydrogen-bond donors (Lipinski definition) is 0. The molecule has 0 N–H and O–H groups in total. The summed E-state index contributed by atoms with van der Waals surface area (Å²) >= 11 is 0. The first-order valence-corrected chi connectivity index (χ1v) is 5.49. The van der Waals surface area contributed by atoms with Crippen molar-refractivity contribution in [3.8, 4) is 11.5 Å². The number of hydrogen-bond acceptors (Lipinski definition) is 2. The van der Waals surface area contributed by atoms with E-state index in [4.69, 9.17) is 9.47 Å². The molecule has 0 heterocycles. The fourth-order valence-corrected chi connectivity index (χ4v) is 1.98. The predicted octanol–water partition coefficient (Wildman–Crippen LogP) is 3.61. The Morgan fingerprint density at radius 1 is 1.00 bits per heavy atom.